The van der Waals surface area contributed by atoms with Gasteiger partial charge in [-0.1, -0.05) is 109 Å². The van der Waals surface area contributed by atoms with Crippen LogP contribution in [0.1, 0.15) is 16.7 Å². The lowest BCUT2D eigenvalue weighted by atomic mass is 10.1. The minimum atomic E-state index is -3.76. The summed E-state index contributed by atoms with van der Waals surface area (Å²) in [5.74, 6) is -1.42. The van der Waals surface area contributed by atoms with E-state index in [0.29, 0.717) is 11.9 Å². The lowest BCUT2D eigenvalue weighted by Gasteiger charge is -2.44. The average molecular weight is 545 g/mol. The van der Waals surface area contributed by atoms with E-state index in [1.807, 2.05) is 97.1 Å². The Bertz CT molecular complexity index is 1320. The zero-order valence-corrected chi connectivity index (χ0v) is 22.5. The molecule has 4 aromatic carbocycles. The molecule has 0 amide bonds. The largest absolute Gasteiger partial charge is 0.380 e. The first-order valence-corrected chi connectivity index (χ1v) is 14.8. The highest BCUT2D eigenvalue weighted by Gasteiger charge is 2.54. The first kappa shape index (κ1) is 27.5. The van der Waals surface area contributed by atoms with Gasteiger partial charge in [-0.3, -0.25) is 4.57 Å². The molecule has 0 saturated carbocycles. The van der Waals surface area contributed by atoms with Gasteiger partial charge in [0.05, 0.1) is 26.4 Å². The summed E-state index contributed by atoms with van der Waals surface area (Å²) >= 11 is 0. The Morgan fingerprint density at radius 3 is 1.56 bits per heavy atom. The van der Waals surface area contributed by atoms with Gasteiger partial charge >= 0.3 is 0 Å². The number of hydrogen-bond acceptors (Lipinski definition) is 6. The molecule has 5 atom stereocenters. The minimum Gasteiger partial charge on any atom is -0.380 e. The van der Waals surface area contributed by atoms with Crippen molar-refractivity contribution in [1.29, 1.82) is 0 Å². The molecule has 0 bridgehead atoms. The first-order valence-electron chi connectivity index (χ1n) is 13.1. The van der Waals surface area contributed by atoms with E-state index < -0.39 is 31.5 Å². The zero-order chi connectivity index (χ0) is 26.9. The molecule has 0 radical (unpaired) electrons. The number of hydrogen-bond donors (Lipinski definition) is 1. The van der Waals surface area contributed by atoms with E-state index in [9.17, 15) is 9.67 Å². The summed E-state index contributed by atoms with van der Waals surface area (Å²) < 4.78 is 39.4. The van der Waals surface area contributed by atoms with Gasteiger partial charge in [-0.25, -0.2) is 0 Å². The second-order valence-corrected chi connectivity index (χ2v) is 12.0. The molecule has 202 valence electrons. The number of aliphatic hydroxyl groups is 1. The molecule has 5 rings (SSSR count). The van der Waals surface area contributed by atoms with Crippen LogP contribution in [0.3, 0.4) is 0 Å². The predicted octanol–water partition coefficient (Wildman–Crippen LogP) is 5.69. The van der Waals surface area contributed by atoms with E-state index in [1.54, 1.807) is 24.3 Å². The molecule has 0 unspecified atom stereocenters. The van der Waals surface area contributed by atoms with Crippen LogP contribution >= 0.6 is 7.37 Å². The topological polar surface area (TPSA) is 74.2 Å². The lowest BCUT2D eigenvalue weighted by Crippen LogP contribution is -2.55. The van der Waals surface area contributed by atoms with Crippen molar-refractivity contribution in [2.45, 2.75) is 44.0 Å². The Hall–Kier alpha value is -3.09. The number of benzene rings is 4. The molecule has 1 aliphatic rings. The summed E-state index contributed by atoms with van der Waals surface area (Å²) in [6, 6.07) is 38.1. The lowest BCUT2D eigenvalue weighted by molar-refractivity contribution is -0.174. The van der Waals surface area contributed by atoms with Gasteiger partial charge in [0.25, 0.3) is 7.37 Å². The van der Waals surface area contributed by atoms with Gasteiger partial charge in [-0.05, 0) is 28.8 Å². The third-order valence-corrected chi connectivity index (χ3v) is 9.30. The molecule has 1 aliphatic heterocycles. The van der Waals surface area contributed by atoms with Crippen molar-refractivity contribution in [3.8, 4) is 0 Å². The van der Waals surface area contributed by atoms with Crippen LogP contribution in [0.2, 0.25) is 0 Å². The van der Waals surface area contributed by atoms with Gasteiger partial charge in [0.2, 0.25) is 0 Å². The fourth-order valence-corrected chi connectivity index (χ4v) is 7.02. The molecule has 4 aromatic rings. The molecule has 0 spiro atoms. The maximum Gasteiger partial charge on any atom is 0.262 e. The normalized spacial score (nSPS) is 24.8. The molecule has 39 heavy (non-hydrogen) atoms. The van der Waals surface area contributed by atoms with Crippen LogP contribution in [-0.2, 0) is 43.1 Å². The Kier molecular flexibility index (Phi) is 9.38. The standard InChI is InChI=1S/C32H33O6P/c33-32-31(37-23-27-17-9-3-10-18-27)30(36-22-26-15-7-2-8-16-26)29(24-35-21-25-13-5-1-6-14-25)38-39(32,34)28-19-11-4-12-20-28/h1-20,29-33H,21-24H2/t29-,30-,31+,32+,39-/m1/s1. The smallest absolute Gasteiger partial charge is 0.262 e. The molecule has 1 heterocycles. The van der Waals surface area contributed by atoms with E-state index in [0.717, 1.165) is 16.7 Å². The SMILES string of the molecule is O=[P@]1(c2ccccc2)O[C@H](COCc2ccccc2)[C@@H](OCc2ccccc2)[C@H](OCc2ccccc2)[C@H]1O. The van der Waals surface area contributed by atoms with Crippen LogP contribution in [0.15, 0.2) is 121 Å². The molecule has 6 nitrogen and oxygen atoms in total. The van der Waals surface area contributed by atoms with Crippen molar-refractivity contribution in [3.05, 3.63) is 138 Å². The van der Waals surface area contributed by atoms with Gasteiger partial charge in [-0.2, -0.15) is 0 Å². The van der Waals surface area contributed by atoms with E-state index in [-0.39, 0.29) is 19.8 Å². The second kappa shape index (κ2) is 13.3. The fraction of sp³-hybridized carbons (Fsp3) is 0.250. The van der Waals surface area contributed by atoms with Crippen molar-refractivity contribution in [2.24, 2.45) is 0 Å². The fourth-order valence-electron chi connectivity index (χ4n) is 4.66. The van der Waals surface area contributed by atoms with Crippen LogP contribution in [0.4, 0.5) is 0 Å². The molecular weight excluding hydrogens is 511 g/mol. The summed E-state index contributed by atoms with van der Waals surface area (Å²) in [7, 11) is -3.76. The molecule has 7 heteroatoms. The van der Waals surface area contributed by atoms with Crippen LogP contribution in [0.5, 0.6) is 0 Å². The van der Waals surface area contributed by atoms with Crippen LogP contribution in [0.25, 0.3) is 0 Å². The van der Waals surface area contributed by atoms with Crippen molar-refractivity contribution in [2.75, 3.05) is 6.61 Å². The number of rotatable bonds is 11. The van der Waals surface area contributed by atoms with Gasteiger partial charge < -0.3 is 23.8 Å². The van der Waals surface area contributed by atoms with E-state index >= 15 is 0 Å². The quantitative estimate of drug-likeness (QED) is 0.245. The Morgan fingerprint density at radius 1 is 0.615 bits per heavy atom. The first-order chi connectivity index (χ1) is 19.1. The summed E-state index contributed by atoms with van der Waals surface area (Å²) in [5.41, 5.74) is 2.91. The summed E-state index contributed by atoms with van der Waals surface area (Å²) in [4.78, 5) is 0. The maximum atomic E-state index is 14.4. The summed E-state index contributed by atoms with van der Waals surface area (Å²) in [5, 5.41) is 12.0. The predicted molar refractivity (Wildman–Crippen MR) is 151 cm³/mol. The van der Waals surface area contributed by atoms with Crippen molar-refractivity contribution in [1.82, 2.24) is 0 Å². The molecule has 0 aliphatic carbocycles. The minimum absolute atomic E-state index is 0.114. The zero-order valence-electron chi connectivity index (χ0n) is 21.6. The van der Waals surface area contributed by atoms with E-state index in [4.69, 9.17) is 18.7 Å². The third-order valence-electron chi connectivity index (χ3n) is 6.70. The second-order valence-electron chi connectivity index (χ2n) is 9.51. The highest BCUT2D eigenvalue weighted by molar-refractivity contribution is 7.67. The summed E-state index contributed by atoms with van der Waals surface area (Å²) in [6.07, 6.45) is -2.39. The summed E-state index contributed by atoms with van der Waals surface area (Å²) in [6.45, 7) is 0.973. The highest BCUT2D eigenvalue weighted by atomic mass is 31.2. The van der Waals surface area contributed by atoms with Gasteiger partial charge in [0, 0.05) is 5.30 Å². The van der Waals surface area contributed by atoms with E-state index in [1.165, 1.54) is 0 Å². The maximum absolute atomic E-state index is 14.4. The van der Waals surface area contributed by atoms with E-state index in [2.05, 4.69) is 0 Å². The molecule has 0 aromatic heterocycles. The van der Waals surface area contributed by atoms with Gasteiger partial charge in [-0.15, -0.1) is 0 Å². The van der Waals surface area contributed by atoms with Crippen molar-refractivity contribution < 1.29 is 28.4 Å². The molecule has 1 N–H and O–H groups in total. The highest BCUT2D eigenvalue weighted by Crippen LogP contribution is 2.57. The monoisotopic (exact) mass is 544 g/mol. The van der Waals surface area contributed by atoms with Crippen molar-refractivity contribution >= 4 is 12.7 Å². The molecular formula is C32H33O6P. The van der Waals surface area contributed by atoms with Gasteiger partial charge in [0.1, 0.15) is 18.3 Å². The van der Waals surface area contributed by atoms with Crippen LogP contribution < -0.4 is 5.30 Å². The molecule has 1 fully saturated rings. The van der Waals surface area contributed by atoms with Crippen LogP contribution in [0, 0.1) is 0 Å². The third kappa shape index (κ3) is 6.92. The molecule has 1 saturated heterocycles. The number of ether oxygens (including phenoxy) is 3. The van der Waals surface area contributed by atoms with Crippen molar-refractivity contribution in [3.63, 3.8) is 0 Å². The number of aliphatic hydroxyl groups excluding tert-OH is 1. The van der Waals surface area contributed by atoms with Gasteiger partial charge in [0.15, 0.2) is 5.85 Å². The Morgan fingerprint density at radius 2 is 1.05 bits per heavy atom. The Labute approximate surface area is 229 Å². The average Bonchev–Trinajstić information content (AvgIpc) is 2.99. The van der Waals surface area contributed by atoms with Crippen LogP contribution in [-0.4, -0.2) is 35.9 Å². The Balaban J connectivity index is 1.43.